The fourth-order valence-corrected chi connectivity index (χ4v) is 3.03. The number of fused-ring (bicyclic) bond motifs is 1. The van der Waals surface area contributed by atoms with E-state index in [4.69, 9.17) is 5.26 Å². The van der Waals surface area contributed by atoms with Crippen molar-refractivity contribution in [1.82, 2.24) is 14.9 Å². The maximum absolute atomic E-state index is 9.05. The smallest absolute Gasteiger partial charge is 0.0991 e. The third-order valence-corrected chi connectivity index (χ3v) is 4.31. The number of nitrogens with one attached hydrogen (secondary N) is 1. The number of hydrogen-bond acceptors (Lipinski definition) is 3. The van der Waals surface area contributed by atoms with Gasteiger partial charge in [0.05, 0.1) is 11.6 Å². The van der Waals surface area contributed by atoms with Gasteiger partial charge in [0.1, 0.15) is 0 Å². The average molecular weight is 318 g/mol. The lowest BCUT2D eigenvalue weighted by Crippen LogP contribution is -2.19. The van der Waals surface area contributed by atoms with Crippen LogP contribution in [0.4, 0.5) is 0 Å². The van der Waals surface area contributed by atoms with Gasteiger partial charge in [0.15, 0.2) is 0 Å². The van der Waals surface area contributed by atoms with Crippen LogP contribution in [-0.4, -0.2) is 28.5 Å². The molecule has 0 aliphatic carbocycles. The van der Waals surface area contributed by atoms with E-state index in [9.17, 15) is 0 Å². The van der Waals surface area contributed by atoms with Crippen molar-refractivity contribution >= 4 is 10.9 Å². The number of hydrogen-bond donors (Lipinski definition) is 1. The van der Waals surface area contributed by atoms with Crippen LogP contribution < -0.4 is 0 Å². The molecule has 0 radical (unpaired) electrons. The molecule has 0 unspecified atom stereocenters. The van der Waals surface area contributed by atoms with Crippen molar-refractivity contribution < 1.29 is 0 Å². The molecule has 0 spiro atoms. The number of nitrogens with zero attached hydrogens (tertiary/aromatic N) is 3. The number of aryl methyl sites for hydroxylation is 1. The van der Waals surface area contributed by atoms with E-state index < -0.39 is 0 Å². The van der Waals surface area contributed by atoms with Gasteiger partial charge in [-0.15, -0.1) is 0 Å². The lowest BCUT2D eigenvalue weighted by Gasteiger charge is -2.16. The van der Waals surface area contributed by atoms with Gasteiger partial charge in [-0.2, -0.15) is 5.26 Å². The van der Waals surface area contributed by atoms with Gasteiger partial charge >= 0.3 is 0 Å². The summed E-state index contributed by atoms with van der Waals surface area (Å²) in [6.07, 6.45) is 9.14. The molecule has 0 aliphatic rings. The SMILES string of the molecule is CN(CCCCc1c[nH]c2ccc(C#N)cc12)Cc1cccnc1. The summed E-state index contributed by atoms with van der Waals surface area (Å²) in [6, 6.07) is 12.1. The zero-order chi connectivity index (χ0) is 16.8. The molecule has 2 heterocycles. The van der Waals surface area contributed by atoms with Gasteiger partial charge in [0.25, 0.3) is 0 Å². The zero-order valence-electron chi connectivity index (χ0n) is 14.0. The van der Waals surface area contributed by atoms with Crippen LogP contribution >= 0.6 is 0 Å². The molecule has 0 atom stereocenters. The zero-order valence-corrected chi connectivity index (χ0v) is 14.0. The monoisotopic (exact) mass is 318 g/mol. The highest BCUT2D eigenvalue weighted by Gasteiger charge is 2.05. The predicted molar refractivity (Wildman–Crippen MR) is 96.5 cm³/mol. The van der Waals surface area contributed by atoms with Crippen LogP contribution in [0.15, 0.2) is 48.9 Å². The second-order valence-corrected chi connectivity index (χ2v) is 6.24. The van der Waals surface area contributed by atoms with Crippen molar-refractivity contribution in [2.24, 2.45) is 0 Å². The minimum atomic E-state index is 0.722. The number of nitriles is 1. The van der Waals surface area contributed by atoms with Crippen LogP contribution in [0.3, 0.4) is 0 Å². The number of H-pyrrole nitrogens is 1. The average Bonchev–Trinajstić information content (AvgIpc) is 3.01. The van der Waals surface area contributed by atoms with Gasteiger partial charge in [-0.25, -0.2) is 0 Å². The molecule has 4 heteroatoms. The summed E-state index contributed by atoms with van der Waals surface area (Å²) in [5.74, 6) is 0. The topological polar surface area (TPSA) is 55.7 Å². The number of unbranched alkanes of at least 4 members (excludes halogenated alkanes) is 1. The van der Waals surface area contributed by atoms with Crippen molar-refractivity contribution in [2.75, 3.05) is 13.6 Å². The Morgan fingerprint density at radius 2 is 2.17 bits per heavy atom. The summed E-state index contributed by atoms with van der Waals surface area (Å²) in [6.45, 7) is 2.01. The standard InChI is InChI=1S/C20H22N4/c1-24(15-17-5-4-9-22-13-17)10-3-2-6-18-14-23-20-8-7-16(12-21)11-19(18)20/h4-5,7-9,11,13-14,23H,2-3,6,10,15H2,1H3. The largest absolute Gasteiger partial charge is 0.361 e. The molecule has 0 fully saturated rings. The molecule has 0 saturated heterocycles. The molecule has 24 heavy (non-hydrogen) atoms. The van der Waals surface area contributed by atoms with Crippen LogP contribution in [0, 0.1) is 11.3 Å². The maximum Gasteiger partial charge on any atom is 0.0991 e. The van der Waals surface area contributed by atoms with Crippen molar-refractivity contribution in [2.45, 2.75) is 25.8 Å². The van der Waals surface area contributed by atoms with Gasteiger partial charge in [-0.1, -0.05) is 6.07 Å². The molecule has 3 rings (SSSR count). The summed E-state index contributed by atoms with van der Waals surface area (Å²) in [5.41, 5.74) is 4.38. The minimum Gasteiger partial charge on any atom is -0.361 e. The van der Waals surface area contributed by atoms with Crippen molar-refractivity contribution in [3.63, 3.8) is 0 Å². The molecule has 3 aromatic rings. The summed E-state index contributed by atoms with van der Waals surface area (Å²) >= 11 is 0. The highest BCUT2D eigenvalue weighted by molar-refractivity contribution is 5.84. The van der Waals surface area contributed by atoms with E-state index in [1.165, 1.54) is 16.5 Å². The summed E-state index contributed by atoms with van der Waals surface area (Å²) in [4.78, 5) is 9.79. The fourth-order valence-electron chi connectivity index (χ4n) is 3.03. The fraction of sp³-hybridized carbons (Fsp3) is 0.300. The Kier molecular flexibility index (Phi) is 5.25. The first-order chi connectivity index (χ1) is 11.8. The Labute approximate surface area is 142 Å². The first-order valence-electron chi connectivity index (χ1n) is 8.34. The lowest BCUT2D eigenvalue weighted by molar-refractivity contribution is 0.318. The molecule has 122 valence electrons. The van der Waals surface area contributed by atoms with Gasteiger partial charge in [-0.05, 0) is 68.2 Å². The van der Waals surface area contributed by atoms with Crippen LogP contribution in [-0.2, 0) is 13.0 Å². The lowest BCUT2D eigenvalue weighted by atomic mass is 10.1. The predicted octanol–water partition coefficient (Wildman–Crippen LogP) is 3.89. The molecule has 0 bridgehead atoms. The van der Waals surface area contributed by atoms with Gasteiger partial charge < -0.3 is 9.88 Å². The van der Waals surface area contributed by atoms with E-state index in [1.807, 2.05) is 36.7 Å². The number of aromatic nitrogens is 2. The van der Waals surface area contributed by atoms with Gasteiger partial charge in [0, 0.05) is 36.0 Å². The molecular formula is C20H22N4. The Hall–Kier alpha value is -2.64. The summed E-state index contributed by atoms with van der Waals surface area (Å²) < 4.78 is 0. The molecule has 1 N–H and O–H groups in total. The second-order valence-electron chi connectivity index (χ2n) is 6.24. The first-order valence-corrected chi connectivity index (χ1v) is 8.34. The molecule has 4 nitrogen and oxygen atoms in total. The first kappa shape index (κ1) is 16.2. The van der Waals surface area contributed by atoms with Crippen LogP contribution in [0.5, 0.6) is 0 Å². The Morgan fingerprint density at radius 3 is 2.96 bits per heavy atom. The summed E-state index contributed by atoms with van der Waals surface area (Å²) in [7, 11) is 2.15. The molecular weight excluding hydrogens is 296 g/mol. The number of benzene rings is 1. The van der Waals surface area contributed by atoms with Crippen LogP contribution in [0.1, 0.15) is 29.5 Å². The van der Waals surface area contributed by atoms with Crippen molar-refractivity contribution in [3.8, 4) is 6.07 Å². The summed E-state index contributed by atoms with van der Waals surface area (Å²) in [5, 5.41) is 10.2. The molecule has 0 saturated carbocycles. The second kappa shape index (κ2) is 7.76. The molecule has 2 aromatic heterocycles. The molecule has 1 aromatic carbocycles. The Bertz CT molecular complexity index is 830. The quantitative estimate of drug-likeness (QED) is 0.672. The Balaban J connectivity index is 1.49. The van der Waals surface area contributed by atoms with E-state index in [-0.39, 0.29) is 0 Å². The van der Waals surface area contributed by atoms with Gasteiger partial charge in [0.2, 0.25) is 0 Å². The van der Waals surface area contributed by atoms with Gasteiger partial charge in [-0.3, -0.25) is 4.98 Å². The maximum atomic E-state index is 9.05. The normalized spacial score (nSPS) is 11.0. The van der Waals surface area contributed by atoms with Crippen molar-refractivity contribution in [1.29, 1.82) is 5.26 Å². The number of aromatic amines is 1. The number of pyridine rings is 1. The van der Waals surface area contributed by atoms with Crippen LogP contribution in [0.2, 0.25) is 0 Å². The van der Waals surface area contributed by atoms with E-state index in [1.54, 1.807) is 0 Å². The Morgan fingerprint density at radius 1 is 1.25 bits per heavy atom. The molecule has 0 amide bonds. The van der Waals surface area contributed by atoms with Crippen LogP contribution in [0.25, 0.3) is 10.9 Å². The van der Waals surface area contributed by atoms with E-state index >= 15 is 0 Å². The van der Waals surface area contributed by atoms with E-state index in [0.717, 1.165) is 43.4 Å². The number of rotatable bonds is 7. The van der Waals surface area contributed by atoms with Crippen molar-refractivity contribution in [3.05, 3.63) is 65.6 Å². The highest BCUT2D eigenvalue weighted by Crippen LogP contribution is 2.21. The van der Waals surface area contributed by atoms with E-state index in [0.29, 0.717) is 0 Å². The third-order valence-electron chi connectivity index (χ3n) is 4.31. The molecule has 0 aliphatic heterocycles. The minimum absolute atomic E-state index is 0.722. The highest BCUT2D eigenvalue weighted by atomic mass is 15.1. The third kappa shape index (κ3) is 4.01. The van der Waals surface area contributed by atoms with E-state index in [2.05, 4.69) is 40.2 Å².